The van der Waals surface area contributed by atoms with Crippen LogP contribution in [0.5, 0.6) is 5.75 Å². The van der Waals surface area contributed by atoms with Gasteiger partial charge in [0.2, 0.25) is 0 Å². The summed E-state index contributed by atoms with van der Waals surface area (Å²) in [4.78, 5) is 22.1. The third-order valence-corrected chi connectivity index (χ3v) is 1.58. The number of aromatic nitrogens is 1. The number of halogens is 4. The molecule has 0 saturated heterocycles. The maximum atomic E-state index is 13.3. The number of nitrogens with zero attached hydrogens (tertiary/aromatic N) is 2. The van der Waals surface area contributed by atoms with Gasteiger partial charge in [-0.1, -0.05) is 0 Å². The molecular weight excluding hydrogens is 268 g/mol. The van der Waals surface area contributed by atoms with Crippen LogP contribution in [-0.2, 0) is 0 Å². The Morgan fingerprint density at radius 3 is 2.44 bits per heavy atom. The van der Waals surface area contributed by atoms with Crippen molar-refractivity contribution in [3.63, 3.8) is 0 Å². The van der Waals surface area contributed by atoms with E-state index in [1.807, 2.05) is 0 Å². The quantitative estimate of drug-likeness (QED) is 0.509. The average molecular weight is 270 g/mol. The number of alkyl halides is 3. The molecule has 0 aromatic carbocycles. The van der Waals surface area contributed by atoms with Crippen LogP contribution in [0.4, 0.5) is 23.4 Å². The fraction of sp³-hybridized carbons (Fsp3) is 0.143. The molecule has 1 aromatic rings. The number of hydrogen-bond acceptors (Lipinski definition) is 5. The molecule has 7 nitrogen and oxygen atoms in total. The molecule has 11 heteroatoms. The Morgan fingerprint density at radius 1 is 1.50 bits per heavy atom. The van der Waals surface area contributed by atoms with E-state index in [0.717, 1.165) is 0 Å². The highest BCUT2D eigenvalue weighted by Gasteiger charge is 2.38. The molecule has 1 N–H and O–H groups in total. The van der Waals surface area contributed by atoms with Crippen molar-refractivity contribution in [3.05, 3.63) is 27.7 Å². The molecule has 0 aliphatic heterocycles. The lowest BCUT2D eigenvalue weighted by Gasteiger charge is -2.10. The predicted octanol–water partition coefficient (Wildman–Crippen LogP) is 1.73. The molecule has 0 aliphatic rings. The second-order valence-corrected chi connectivity index (χ2v) is 2.75. The van der Waals surface area contributed by atoms with Gasteiger partial charge in [-0.15, -0.1) is 13.2 Å². The van der Waals surface area contributed by atoms with E-state index in [0.29, 0.717) is 0 Å². The van der Waals surface area contributed by atoms with Crippen molar-refractivity contribution in [2.45, 2.75) is 6.36 Å². The van der Waals surface area contributed by atoms with Crippen molar-refractivity contribution in [3.8, 4) is 5.75 Å². The summed E-state index contributed by atoms with van der Waals surface area (Å²) >= 11 is 0. The fourth-order valence-electron chi connectivity index (χ4n) is 0.956. The molecule has 0 radical (unpaired) electrons. The van der Waals surface area contributed by atoms with Crippen LogP contribution in [0.3, 0.4) is 0 Å². The topological polar surface area (TPSA) is 103 Å². The Morgan fingerprint density at radius 2 is 2.06 bits per heavy atom. The van der Waals surface area contributed by atoms with E-state index in [9.17, 15) is 32.5 Å². The minimum atomic E-state index is -5.40. The van der Waals surface area contributed by atoms with Gasteiger partial charge in [-0.05, 0) is 9.91 Å². The number of pyridine rings is 1. The summed E-state index contributed by atoms with van der Waals surface area (Å²) < 4.78 is 52.2. The van der Waals surface area contributed by atoms with E-state index in [1.165, 1.54) is 0 Å². The van der Waals surface area contributed by atoms with Gasteiger partial charge in [-0.2, -0.15) is 4.39 Å². The highest BCUT2D eigenvalue weighted by molar-refractivity contribution is 5.90. The van der Waals surface area contributed by atoms with Gasteiger partial charge >= 0.3 is 18.1 Å². The average Bonchev–Trinajstić information content (AvgIpc) is 2.17. The van der Waals surface area contributed by atoms with Crippen molar-refractivity contribution in [1.82, 2.24) is 4.98 Å². The van der Waals surface area contributed by atoms with Crippen molar-refractivity contribution in [2.24, 2.45) is 0 Å². The number of rotatable bonds is 3. The number of nitro groups is 1. The zero-order valence-corrected chi connectivity index (χ0v) is 8.06. The Balaban J connectivity index is 3.45. The highest BCUT2D eigenvalue weighted by Crippen LogP contribution is 2.32. The van der Waals surface area contributed by atoms with Gasteiger partial charge in [-0.3, -0.25) is 0 Å². The minimum absolute atomic E-state index is 0.199. The normalized spacial score (nSPS) is 11.1. The smallest absolute Gasteiger partial charge is 0.477 e. The van der Waals surface area contributed by atoms with E-state index in [1.54, 1.807) is 0 Å². The molecular formula is C7H2F4N2O5. The van der Waals surface area contributed by atoms with Crippen LogP contribution in [0.25, 0.3) is 0 Å². The van der Waals surface area contributed by atoms with Crippen LogP contribution < -0.4 is 4.74 Å². The molecule has 0 spiro atoms. The first-order valence-electron chi connectivity index (χ1n) is 3.95. The Hall–Kier alpha value is -2.46. The second-order valence-electron chi connectivity index (χ2n) is 2.75. The number of carboxylic acids is 1. The third kappa shape index (κ3) is 2.81. The molecule has 0 aliphatic carbocycles. The fourth-order valence-corrected chi connectivity index (χ4v) is 0.956. The van der Waals surface area contributed by atoms with E-state index in [2.05, 4.69) is 9.72 Å². The van der Waals surface area contributed by atoms with E-state index >= 15 is 0 Å². The lowest BCUT2D eigenvalue weighted by Crippen LogP contribution is -2.20. The van der Waals surface area contributed by atoms with Gasteiger partial charge in [0.1, 0.15) is 5.56 Å². The zero-order valence-electron chi connectivity index (χ0n) is 8.06. The van der Waals surface area contributed by atoms with Crippen molar-refractivity contribution in [2.75, 3.05) is 0 Å². The number of ether oxygens (including phenoxy) is 1. The second kappa shape index (κ2) is 4.43. The number of carbonyl (C=O) groups is 1. The van der Waals surface area contributed by atoms with E-state index < -0.39 is 40.2 Å². The summed E-state index contributed by atoms with van der Waals surface area (Å²) in [6.45, 7) is 0. The Bertz CT molecular complexity index is 515. The number of carboxylic acid groups (broad SMARTS) is 1. The first-order chi connectivity index (χ1) is 8.13. The van der Waals surface area contributed by atoms with Crippen LogP contribution in [0.2, 0.25) is 0 Å². The Labute approximate surface area is 94.8 Å². The van der Waals surface area contributed by atoms with Crippen LogP contribution in [0.15, 0.2) is 6.20 Å². The van der Waals surface area contributed by atoms with Gasteiger partial charge in [0.05, 0.1) is 0 Å². The minimum Gasteiger partial charge on any atom is -0.477 e. The first-order valence-corrected chi connectivity index (χ1v) is 3.95. The maximum Gasteiger partial charge on any atom is 0.573 e. The van der Waals surface area contributed by atoms with Crippen LogP contribution in [-0.4, -0.2) is 27.3 Å². The van der Waals surface area contributed by atoms with Gasteiger partial charge in [0.15, 0.2) is 11.9 Å². The van der Waals surface area contributed by atoms with E-state index in [4.69, 9.17) is 5.11 Å². The van der Waals surface area contributed by atoms with Gasteiger partial charge in [0, 0.05) is 0 Å². The monoisotopic (exact) mass is 270 g/mol. The number of hydrogen-bond donors (Lipinski definition) is 1. The SMILES string of the molecule is O=C(O)c1cnc([N+](=O)[O-])c(F)c1OC(F)(F)F. The molecule has 98 valence electrons. The van der Waals surface area contributed by atoms with Crippen molar-refractivity contribution < 1.29 is 37.1 Å². The summed E-state index contributed by atoms with van der Waals surface area (Å²) in [7, 11) is 0. The molecule has 0 fully saturated rings. The maximum absolute atomic E-state index is 13.3. The lowest BCUT2D eigenvalue weighted by atomic mass is 10.2. The van der Waals surface area contributed by atoms with Crippen LogP contribution >= 0.6 is 0 Å². The predicted molar refractivity (Wildman–Crippen MR) is 44.5 cm³/mol. The largest absolute Gasteiger partial charge is 0.573 e. The number of aromatic carboxylic acids is 1. The van der Waals surface area contributed by atoms with Gasteiger partial charge in [0.25, 0.3) is 5.82 Å². The molecule has 0 unspecified atom stereocenters. The summed E-state index contributed by atoms with van der Waals surface area (Å²) in [5, 5.41) is 18.7. The molecule has 0 amide bonds. The molecule has 1 heterocycles. The molecule has 1 aromatic heterocycles. The zero-order chi connectivity index (χ0) is 14.1. The third-order valence-electron chi connectivity index (χ3n) is 1.58. The molecule has 0 saturated carbocycles. The van der Waals surface area contributed by atoms with Crippen LogP contribution in [0, 0.1) is 15.9 Å². The van der Waals surface area contributed by atoms with Gasteiger partial charge in [-0.25, -0.2) is 4.79 Å². The summed E-state index contributed by atoms with van der Waals surface area (Å²) in [6, 6.07) is 0. The molecule has 0 bridgehead atoms. The Kier molecular flexibility index (Phi) is 3.35. The van der Waals surface area contributed by atoms with E-state index in [-0.39, 0.29) is 6.20 Å². The standard InChI is InChI=1S/C7H2F4N2O5/c8-3-4(18-7(9,10)11)2(6(14)15)1-12-5(3)13(16)17/h1H,(H,14,15). The summed E-state index contributed by atoms with van der Waals surface area (Å²) in [5.74, 6) is -7.47. The molecule has 1 rings (SSSR count). The molecule has 0 atom stereocenters. The summed E-state index contributed by atoms with van der Waals surface area (Å²) in [5.41, 5.74) is -1.28. The van der Waals surface area contributed by atoms with Gasteiger partial charge < -0.3 is 20.0 Å². The lowest BCUT2D eigenvalue weighted by molar-refractivity contribution is -0.392. The summed E-state index contributed by atoms with van der Waals surface area (Å²) in [6.07, 6.45) is -5.20. The first kappa shape index (κ1) is 13.6. The highest BCUT2D eigenvalue weighted by atomic mass is 19.4. The van der Waals surface area contributed by atoms with Crippen LogP contribution in [0.1, 0.15) is 10.4 Å². The van der Waals surface area contributed by atoms with Crippen molar-refractivity contribution >= 4 is 11.8 Å². The van der Waals surface area contributed by atoms with Crippen molar-refractivity contribution in [1.29, 1.82) is 0 Å². The molecule has 18 heavy (non-hydrogen) atoms.